The number of rotatable bonds is 3. The highest BCUT2D eigenvalue weighted by Gasteiger charge is 2.59. The van der Waals surface area contributed by atoms with E-state index < -0.39 is 0 Å². The number of carbonyl (C=O) groups is 2. The summed E-state index contributed by atoms with van der Waals surface area (Å²) in [6.07, 6.45) is 8.66. The number of hydrazone groups is 1. The molecule has 5 nitrogen and oxygen atoms in total. The highest BCUT2D eigenvalue weighted by molar-refractivity contribution is 6.06. The summed E-state index contributed by atoms with van der Waals surface area (Å²) in [5, 5.41) is 5.36. The van der Waals surface area contributed by atoms with Crippen LogP contribution < -0.4 is 0 Å². The average Bonchev–Trinajstić information content (AvgIpc) is 3.40. The maximum absolute atomic E-state index is 12.7. The lowest BCUT2D eigenvalue weighted by Crippen LogP contribution is -2.28. The van der Waals surface area contributed by atoms with Gasteiger partial charge in [0.1, 0.15) is 0 Å². The second kappa shape index (κ2) is 5.53. The number of carbonyl (C=O) groups excluding carboxylic acids is 2. The zero-order chi connectivity index (χ0) is 17.8. The Bertz CT molecular complexity index is 924. The quantitative estimate of drug-likeness (QED) is 0.488. The third-order valence-corrected chi connectivity index (χ3v) is 5.84. The molecule has 1 saturated heterocycles. The van der Waals surface area contributed by atoms with E-state index in [4.69, 9.17) is 0 Å². The number of aryl methyl sites for hydroxylation is 1. The first-order valence-electron chi connectivity index (χ1n) is 8.98. The van der Waals surface area contributed by atoms with Gasteiger partial charge in [-0.2, -0.15) is 10.1 Å². The third-order valence-electron chi connectivity index (χ3n) is 5.84. The van der Waals surface area contributed by atoms with E-state index in [1.54, 1.807) is 6.21 Å². The first-order chi connectivity index (χ1) is 12.6. The molecule has 2 amide bonds. The summed E-state index contributed by atoms with van der Waals surface area (Å²) in [6, 6.07) is 12.0. The smallest absolute Gasteiger partial charge is 0.254 e. The zero-order valence-electron chi connectivity index (χ0n) is 14.4. The molecule has 1 aromatic carbocycles. The molecule has 2 bridgehead atoms. The normalized spacial score (nSPS) is 29.3. The van der Waals surface area contributed by atoms with Gasteiger partial charge < -0.3 is 4.57 Å². The van der Waals surface area contributed by atoms with Gasteiger partial charge in [0.25, 0.3) is 11.8 Å². The second-order valence-electron chi connectivity index (χ2n) is 7.37. The summed E-state index contributed by atoms with van der Waals surface area (Å²) >= 11 is 0. The largest absolute Gasteiger partial charge is 0.316 e. The summed E-state index contributed by atoms with van der Waals surface area (Å²) in [5.74, 6) is -0.309. The molecule has 4 atom stereocenters. The van der Waals surface area contributed by atoms with Gasteiger partial charge in [0.2, 0.25) is 0 Å². The zero-order valence-corrected chi connectivity index (χ0v) is 14.4. The Hall–Kier alpha value is -2.95. The molecule has 2 aromatic rings. The van der Waals surface area contributed by atoms with Crippen molar-refractivity contribution in [3.05, 3.63) is 66.0 Å². The van der Waals surface area contributed by atoms with Crippen molar-refractivity contribution in [2.75, 3.05) is 0 Å². The Kier molecular flexibility index (Phi) is 3.26. The molecule has 26 heavy (non-hydrogen) atoms. The fourth-order valence-corrected chi connectivity index (χ4v) is 4.56. The van der Waals surface area contributed by atoms with Crippen molar-refractivity contribution >= 4 is 18.0 Å². The standard InChI is InChI=1S/C21H19N3O2/c1-13-4-8-16(9-5-13)23-10-2-3-17(23)12-22-24-20(25)18-14-6-7-15(11-14)19(18)21(24)26/h2-10,12,14-15,18-19H,11H2,1H3. The second-order valence-corrected chi connectivity index (χ2v) is 7.37. The van der Waals surface area contributed by atoms with Crippen LogP contribution in [0.3, 0.4) is 0 Å². The van der Waals surface area contributed by atoms with E-state index in [2.05, 4.69) is 17.3 Å². The lowest BCUT2D eigenvalue weighted by molar-refractivity contribution is -0.140. The number of fused-ring (bicyclic) bond motifs is 5. The molecule has 0 radical (unpaired) electrons. The molecular formula is C21H19N3O2. The molecule has 5 rings (SSSR count). The van der Waals surface area contributed by atoms with Crippen LogP contribution in [0.15, 0.2) is 59.8 Å². The predicted octanol–water partition coefficient (Wildman–Crippen LogP) is 2.93. The van der Waals surface area contributed by atoms with Crippen molar-refractivity contribution in [1.29, 1.82) is 0 Å². The molecule has 5 heteroatoms. The van der Waals surface area contributed by atoms with Crippen LogP contribution in [0.4, 0.5) is 0 Å². The summed E-state index contributed by atoms with van der Waals surface area (Å²) in [5.41, 5.74) is 3.03. The minimum absolute atomic E-state index is 0.151. The Balaban J connectivity index is 1.42. The number of benzene rings is 1. The number of aromatic nitrogens is 1. The molecule has 2 heterocycles. The Morgan fingerprint density at radius 2 is 1.65 bits per heavy atom. The van der Waals surface area contributed by atoms with Crippen LogP contribution in [0.1, 0.15) is 17.7 Å². The highest BCUT2D eigenvalue weighted by atomic mass is 16.2. The van der Waals surface area contributed by atoms with Crippen LogP contribution in [0.2, 0.25) is 0 Å². The van der Waals surface area contributed by atoms with Gasteiger partial charge in [-0.1, -0.05) is 29.8 Å². The summed E-state index contributed by atoms with van der Waals surface area (Å²) in [6.45, 7) is 2.05. The molecule has 0 spiro atoms. The van der Waals surface area contributed by atoms with Crippen molar-refractivity contribution in [1.82, 2.24) is 9.58 Å². The Labute approximate surface area is 151 Å². The summed E-state index contributed by atoms with van der Waals surface area (Å²) in [7, 11) is 0. The molecule has 2 aliphatic carbocycles. The number of hydrogen-bond acceptors (Lipinski definition) is 3. The van der Waals surface area contributed by atoms with Crippen LogP contribution in [0, 0.1) is 30.6 Å². The van der Waals surface area contributed by atoms with Crippen LogP contribution in [-0.2, 0) is 9.59 Å². The minimum atomic E-state index is -0.210. The molecule has 1 saturated carbocycles. The van der Waals surface area contributed by atoms with Gasteiger partial charge in [-0.3, -0.25) is 9.59 Å². The summed E-state index contributed by atoms with van der Waals surface area (Å²) in [4.78, 5) is 25.4. The van der Waals surface area contributed by atoms with E-state index in [0.29, 0.717) is 0 Å². The van der Waals surface area contributed by atoms with Gasteiger partial charge >= 0.3 is 0 Å². The number of nitrogens with zero attached hydrogens (tertiary/aromatic N) is 3. The first kappa shape index (κ1) is 15.3. The number of allylic oxidation sites excluding steroid dienone is 2. The van der Waals surface area contributed by atoms with Crippen molar-refractivity contribution in [2.45, 2.75) is 13.3 Å². The molecule has 1 aromatic heterocycles. The number of amides is 2. The van der Waals surface area contributed by atoms with Crippen molar-refractivity contribution < 1.29 is 9.59 Å². The lowest BCUT2D eigenvalue weighted by Gasteiger charge is -2.13. The van der Waals surface area contributed by atoms with Crippen molar-refractivity contribution in [3.63, 3.8) is 0 Å². The third kappa shape index (κ3) is 2.13. The maximum Gasteiger partial charge on any atom is 0.254 e. The van der Waals surface area contributed by atoms with Crippen LogP contribution in [0.25, 0.3) is 5.69 Å². The maximum atomic E-state index is 12.7. The molecule has 2 fully saturated rings. The Morgan fingerprint density at radius 3 is 2.31 bits per heavy atom. The average molecular weight is 345 g/mol. The summed E-state index contributed by atoms with van der Waals surface area (Å²) < 4.78 is 1.99. The molecule has 130 valence electrons. The molecule has 1 aliphatic heterocycles. The van der Waals surface area contributed by atoms with E-state index in [-0.39, 0.29) is 35.5 Å². The lowest BCUT2D eigenvalue weighted by atomic mass is 9.85. The number of imide groups is 1. The predicted molar refractivity (Wildman–Crippen MR) is 97.7 cm³/mol. The SMILES string of the molecule is Cc1ccc(-n2cccc2C=NN2C(=O)C3C4C=CC(C4)C3C2=O)cc1. The van der Waals surface area contributed by atoms with E-state index in [1.807, 2.05) is 54.1 Å². The van der Waals surface area contributed by atoms with Crippen LogP contribution in [-0.4, -0.2) is 27.6 Å². The van der Waals surface area contributed by atoms with Gasteiger partial charge in [0.05, 0.1) is 23.7 Å². The van der Waals surface area contributed by atoms with E-state index in [1.165, 1.54) is 5.56 Å². The van der Waals surface area contributed by atoms with Gasteiger partial charge in [-0.15, -0.1) is 0 Å². The van der Waals surface area contributed by atoms with Gasteiger partial charge in [-0.05, 0) is 49.4 Å². The molecular weight excluding hydrogens is 326 g/mol. The van der Waals surface area contributed by atoms with Gasteiger partial charge in [-0.25, -0.2) is 0 Å². The van der Waals surface area contributed by atoms with Gasteiger partial charge in [0.15, 0.2) is 0 Å². The fourth-order valence-electron chi connectivity index (χ4n) is 4.56. The molecule has 3 aliphatic rings. The van der Waals surface area contributed by atoms with Crippen LogP contribution >= 0.6 is 0 Å². The van der Waals surface area contributed by atoms with E-state index in [9.17, 15) is 9.59 Å². The van der Waals surface area contributed by atoms with Crippen molar-refractivity contribution in [3.8, 4) is 5.69 Å². The fraction of sp³-hybridized carbons (Fsp3) is 0.286. The topological polar surface area (TPSA) is 54.7 Å². The van der Waals surface area contributed by atoms with E-state index >= 15 is 0 Å². The molecule has 4 unspecified atom stereocenters. The monoisotopic (exact) mass is 345 g/mol. The number of hydrogen-bond donors (Lipinski definition) is 0. The Morgan fingerprint density at radius 1 is 1.00 bits per heavy atom. The molecule has 0 N–H and O–H groups in total. The van der Waals surface area contributed by atoms with Crippen LogP contribution in [0.5, 0.6) is 0 Å². The van der Waals surface area contributed by atoms with Crippen molar-refractivity contribution in [2.24, 2.45) is 28.8 Å². The van der Waals surface area contributed by atoms with Gasteiger partial charge in [0, 0.05) is 11.9 Å². The minimum Gasteiger partial charge on any atom is -0.316 e. The van der Waals surface area contributed by atoms with E-state index in [0.717, 1.165) is 22.8 Å². The first-order valence-corrected chi connectivity index (χ1v) is 8.98. The highest BCUT2D eigenvalue weighted by Crippen LogP contribution is 2.52.